The van der Waals surface area contributed by atoms with Crippen molar-refractivity contribution in [1.29, 1.82) is 5.26 Å². The Kier molecular flexibility index (Phi) is 3.57. The lowest BCUT2D eigenvalue weighted by Crippen LogP contribution is -2.26. The van der Waals surface area contributed by atoms with Gasteiger partial charge in [0, 0.05) is 11.3 Å². The van der Waals surface area contributed by atoms with E-state index in [0.717, 1.165) is 11.3 Å². The molecule has 0 bridgehead atoms. The van der Waals surface area contributed by atoms with E-state index in [-0.39, 0.29) is 11.8 Å². The van der Waals surface area contributed by atoms with Crippen LogP contribution in [0.2, 0.25) is 0 Å². The van der Waals surface area contributed by atoms with Gasteiger partial charge >= 0.3 is 0 Å². The van der Waals surface area contributed by atoms with Crippen LogP contribution < -0.4 is 10.1 Å². The molecule has 0 fully saturated rings. The smallest absolute Gasteiger partial charge is 0.232 e. The highest BCUT2D eigenvalue weighted by molar-refractivity contribution is 5.96. The topological polar surface area (TPSA) is 62.1 Å². The minimum atomic E-state index is -0.203. The van der Waals surface area contributed by atoms with Crippen LogP contribution in [0.15, 0.2) is 48.5 Å². The van der Waals surface area contributed by atoms with E-state index in [1.165, 1.54) is 0 Å². The van der Waals surface area contributed by atoms with E-state index in [2.05, 4.69) is 11.4 Å². The van der Waals surface area contributed by atoms with E-state index in [9.17, 15) is 4.79 Å². The van der Waals surface area contributed by atoms with Gasteiger partial charge in [0.05, 0.1) is 24.2 Å². The molecule has 1 unspecified atom stereocenters. The van der Waals surface area contributed by atoms with Crippen molar-refractivity contribution in [3.63, 3.8) is 0 Å². The van der Waals surface area contributed by atoms with Gasteiger partial charge in [-0.25, -0.2) is 0 Å². The largest absolute Gasteiger partial charge is 0.493 e. The Morgan fingerprint density at radius 3 is 2.71 bits per heavy atom. The van der Waals surface area contributed by atoms with Gasteiger partial charge in [0.15, 0.2) is 0 Å². The van der Waals surface area contributed by atoms with Crippen LogP contribution in [0.3, 0.4) is 0 Å². The predicted molar refractivity (Wildman–Crippen MR) is 79.1 cm³/mol. The van der Waals surface area contributed by atoms with Crippen LogP contribution in [0, 0.1) is 11.3 Å². The second-order valence-corrected chi connectivity index (χ2v) is 4.91. The number of ether oxygens (including phenoxy) is 1. The number of hydrogen-bond donors (Lipinski definition) is 1. The van der Waals surface area contributed by atoms with Crippen molar-refractivity contribution in [3.05, 3.63) is 59.7 Å². The molecule has 0 saturated carbocycles. The number of nitriles is 1. The SMILES string of the molecule is N#Cc1ccc(NC(=O)C2CCOc3ccccc32)cc1. The van der Waals surface area contributed by atoms with Gasteiger partial charge in [-0.15, -0.1) is 0 Å². The van der Waals surface area contributed by atoms with Crippen LogP contribution in [0.4, 0.5) is 5.69 Å². The Morgan fingerprint density at radius 1 is 1.19 bits per heavy atom. The van der Waals surface area contributed by atoms with Crippen molar-refractivity contribution in [2.45, 2.75) is 12.3 Å². The van der Waals surface area contributed by atoms with Crippen LogP contribution in [-0.4, -0.2) is 12.5 Å². The van der Waals surface area contributed by atoms with Crippen molar-refractivity contribution in [2.24, 2.45) is 0 Å². The molecule has 0 radical (unpaired) electrons. The van der Waals surface area contributed by atoms with E-state index in [1.807, 2.05) is 24.3 Å². The van der Waals surface area contributed by atoms with E-state index in [0.29, 0.717) is 24.3 Å². The number of para-hydroxylation sites is 1. The zero-order valence-corrected chi connectivity index (χ0v) is 11.4. The number of amides is 1. The molecule has 0 aromatic heterocycles. The molecule has 0 saturated heterocycles. The Labute approximate surface area is 123 Å². The zero-order valence-electron chi connectivity index (χ0n) is 11.4. The molecule has 2 aromatic rings. The van der Waals surface area contributed by atoms with Gasteiger partial charge in [-0.1, -0.05) is 18.2 Å². The fourth-order valence-corrected chi connectivity index (χ4v) is 2.47. The molecule has 4 nitrogen and oxygen atoms in total. The van der Waals surface area contributed by atoms with Gasteiger partial charge in [0.25, 0.3) is 0 Å². The third kappa shape index (κ3) is 2.72. The number of carbonyl (C=O) groups excluding carboxylic acids is 1. The number of nitrogens with one attached hydrogen (secondary N) is 1. The number of nitrogens with zero attached hydrogens (tertiary/aromatic N) is 1. The van der Waals surface area contributed by atoms with Crippen molar-refractivity contribution >= 4 is 11.6 Å². The molecule has 3 rings (SSSR count). The van der Waals surface area contributed by atoms with Gasteiger partial charge in [0.1, 0.15) is 5.75 Å². The number of fused-ring (bicyclic) bond motifs is 1. The van der Waals surface area contributed by atoms with Crippen LogP contribution in [0.25, 0.3) is 0 Å². The average molecular weight is 278 g/mol. The van der Waals surface area contributed by atoms with E-state index >= 15 is 0 Å². The summed E-state index contributed by atoms with van der Waals surface area (Å²) in [5.41, 5.74) is 2.20. The first-order valence-corrected chi connectivity index (χ1v) is 6.80. The summed E-state index contributed by atoms with van der Waals surface area (Å²) >= 11 is 0. The molecule has 1 amide bonds. The molecule has 21 heavy (non-hydrogen) atoms. The monoisotopic (exact) mass is 278 g/mol. The maximum Gasteiger partial charge on any atom is 0.232 e. The second kappa shape index (κ2) is 5.68. The lowest BCUT2D eigenvalue weighted by atomic mass is 9.92. The quantitative estimate of drug-likeness (QED) is 0.918. The molecule has 0 aliphatic carbocycles. The highest BCUT2D eigenvalue weighted by atomic mass is 16.5. The minimum Gasteiger partial charge on any atom is -0.493 e. The summed E-state index contributed by atoms with van der Waals surface area (Å²) in [5.74, 6) is 0.532. The number of benzene rings is 2. The number of rotatable bonds is 2. The van der Waals surface area contributed by atoms with Crippen LogP contribution in [0.1, 0.15) is 23.5 Å². The summed E-state index contributed by atoms with van der Waals surface area (Å²) < 4.78 is 5.57. The minimum absolute atomic E-state index is 0.0459. The summed E-state index contributed by atoms with van der Waals surface area (Å²) in [4.78, 5) is 12.5. The van der Waals surface area contributed by atoms with Crippen molar-refractivity contribution < 1.29 is 9.53 Å². The number of carbonyl (C=O) groups is 1. The molecule has 104 valence electrons. The molecule has 4 heteroatoms. The number of hydrogen-bond acceptors (Lipinski definition) is 3. The van der Waals surface area contributed by atoms with Gasteiger partial charge in [-0.2, -0.15) is 5.26 Å². The van der Waals surface area contributed by atoms with Crippen molar-refractivity contribution in [2.75, 3.05) is 11.9 Å². The predicted octanol–water partition coefficient (Wildman–Crippen LogP) is 3.06. The molecular formula is C17H14N2O2. The Morgan fingerprint density at radius 2 is 1.95 bits per heavy atom. The molecule has 2 aromatic carbocycles. The second-order valence-electron chi connectivity index (χ2n) is 4.91. The Bertz CT molecular complexity index is 701. The van der Waals surface area contributed by atoms with E-state index in [1.54, 1.807) is 24.3 Å². The van der Waals surface area contributed by atoms with Gasteiger partial charge in [0.2, 0.25) is 5.91 Å². The molecule has 1 aliphatic rings. The molecule has 1 heterocycles. The first-order valence-electron chi connectivity index (χ1n) is 6.80. The Balaban J connectivity index is 1.78. The standard InChI is InChI=1S/C17H14N2O2/c18-11-12-5-7-13(8-6-12)19-17(20)15-9-10-21-16-4-2-1-3-14(15)16/h1-8,15H,9-10H2,(H,19,20). The fourth-order valence-electron chi connectivity index (χ4n) is 2.47. The molecule has 1 aliphatic heterocycles. The van der Waals surface area contributed by atoms with E-state index in [4.69, 9.17) is 10.00 Å². The summed E-state index contributed by atoms with van der Waals surface area (Å²) in [7, 11) is 0. The van der Waals surface area contributed by atoms with Crippen molar-refractivity contribution in [1.82, 2.24) is 0 Å². The molecule has 1 N–H and O–H groups in total. The van der Waals surface area contributed by atoms with Crippen LogP contribution in [-0.2, 0) is 4.79 Å². The lowest BCUT2D eigenvalue weighted by molar-refractivity contribution is -0.118. The first-order chi connectivity index (χ1) is 10.3. The highest BCUT2D eigenvalue weighted by Gasteiger charge is 2.27. The molecular weight excluding hydrogens is 264 g/mol. The lowest BCUT2D eigenvalue weighted by Gasteiger charge is -2.25. The fraction of sp³-hybridized carbons (Fsp3) is 0.176. The van der Waals surface area contributed by atoms with Crippen LogP contribution >= 0.6 is 0 Å². The van der Waals surface area contributed by atoms with Gasteiger partial charge < -0.3 is 10.1 Å². The normalized spacial score (nSPS) is 16.2. The van der Waals surface area contributed by atoms with Gasteiger partial charge in [-0.3, -0.25) is 4.79 Å². The Hall–Kier alpha value is -2.80. The summed E-state index contributed by atoms with van der Waals surface area (Å²) in [6.07, 6.45) is 0.666. The molecule has 1 atom stereocenters. The number of anilines is 1. The van der Waals surface area contributed by atoms with Crippen molar-refractivity contribution in [3.8, 4) is 11.8 Å². The maximum absolute atomic E-state index is 12.5. The zero-order chi connectivity index (χ0) is 14.7. The highest BCUT2D eigenvalue weighted by Crippen LogP contribution is 2.34. The third-order valence-electron chi connectivity index (χ3n) is 3.56. The molecule has 0 spiro atoms. The third-order valence-corrected chi connectivity index (χ3v) is 3.56. The first kappa shape index (κ1) is 13.2. The van der Waals surface area contributed by atoms with Crippen LogP contribution in [0.5, 0.6) is 5.75 Å². The summed E-state index contributed by atoms with van der Waals surface area (Å²) in [5, 5.41) is 11.7. The summed E-state index contributed by atoms with van der Waals surface area (Å²) in [6, 6.07) is 16.5. The van der Waals surface area contributed by atoms with E-state index < -0.39 is 0 Å². The summed E-state index contributed by atoms with van der Waals surface area (Å²) in [6.45, 7) is 0.544. The van der Waals surface area contributed by atoms with Gasteiger partial charge in [-0.05, 0) is 36.8 Å². The maximum atomic E-state index is 12.5. The average Bonchev–Trinajstić information content (AvgIpc) is 2.55.